The van der Waals surface area contributed by atoms with Gasteiger partial charge < -0.3 is 4.90 Å². The molecule has 0 aliphatic carbocycles. The number of piperidine rings is 3. The summed E-state index contributed by atoms with van der Waals surface area (Å²) in [6.45, 7) is 3.56. The number of nitrogens with zero attached hydrogens (tertiary/aromatic N) is 2. The Labute approximate surface area is 109 Å². The maximum Gasteiger partial charge on any atom is 0.246 e. The zero-order chi connectivity index (χ0) is 12.1. The molecule has 0 aromatic heterocycles. The van der Waals surface area contributed by atoms with Crippen LogP contribution in [-0.2, 0) is 4.79 Å². The molecule has 0 unspecified atom stereocenters. The molecule has 0 radical (unpaired) electrons. The minimum atomic E-state index is 0.269. The predicted molar refractivity (Wildman–Crippen MR) is 70.1 cm³/mol. The predicted octanol–water partition coefficient (Wildman–Crippen LogP) is 1.65. The highest BCUT2D eigenvalue weighted by Crippen LogP contribution is 2.41. The highest BCUT2D eigenvalue weighted by atomic mass is 16.2. The zero-order valence-corrected chi connectivity index (χ0v) is 10.9. The van der Waals surface area contributed by atoms with Crippen molar-refractivity contribution in [3.05, 3.63) is 12.2 Å². The van der Waals surface area contributed by atoms with Crippen LogP contribution >= 0.6 is 0 Å². The molecule has 4 aliphatic rings. The van der Waals surface area contributed by atoms with E-state index >= 15 is 0 Å². The van der Waals surface area contributed by atoms with Crippen LogP contribution in [0.25, 0.3) is 0 Å². The monoisotopic (exact) mass is 246 g/mol. The molecule has 98 valence electrons. The maximum absolute atomic E-state index is 12.0. The third kappa shape index (κ3) is 1.56. The molecule has 3 saturated heterocycles. The Balaban J connectivity index is 1.62. The first kappa shape index (κ1) is 11.0. The van der Waals surface area contributed by atoms with Crippen molar-refractivity contribution in [1.29, 1.82) is 0 Å². The second kappa shape index (κ2) is 4.09. The van der Waals surface area contributed by atoms with E-state index in [-0.39, 0.29) is 5.91 Å². The van der Waals surface area contributed by atoms with Crippen LogP contribution in [0.1, 0.15) is 32.1 Å². The number of fused-ring (bicyclic) bond motifs is 6. The molecular formula is C15H22N2O. The molecule has 1 amide bonds. The first-order valence-corrected chi connectivity index (χ1v) is 7.54. The van der Waals surface area contributed by atoms with Crippen molar-refractivity contribution in [2.75, 3.05) is 19.6 Å². The summed E-state index contributed by atoms with van der Waals surface area (Å²) in [7, 11) is 0. The van der Waals surface area contributed by atoms with Crippen LogP contribution < -0.4 is 0 Å². The van der Waals surface area contributed by atoms with Gasteiger partial charge in [-0.05, 0) is 50.1 Å². The number of hydrogen-bond acceptors (Lipinski definition) is 2. The normalized spacial score (nSPS) is 43.6. The van der Waals surface area contributed by atoms with Crippen molar-refractivity contribution in [2.45, 2.75) is 44.2 Å². The van der Waals surface area contributed by atoms with Crippen LogP contribution in [0.4, 0.5) is 0 Å². The second-order valence-electron chi connectivity index (χ2n) is 6.51. The molecule has 4 heterocycles. The van der Waals surface area contributed by atoms with Crippen molar-refractivity contribution in [3.8, 4) is 0 Å². The minimum absolute atomic E-state index is 0.269. The Morgan fingerprint density at radius 3 is 2.94 bits per heavy atom. The van der Waals surface area contributed by atoms with Gasteiger partial charge in [-0.2, -0.15) is 0 Å². The van der Waals surface area contributed by atoms with Gasteiger partial charge in [-0.3, -0.25) is 9.69 Å². The Morgan fingerprint density at radius 2 is 2.00 bits per heavy atom. The van der Waals surface area contributed by atoms with Gasteiger partial charge in [0.05, 0.1) is 0 Å². The average Bonchev–Trinajstić information content (AvgIpc) is 2.40. The number of rotatable bonds is 0. The SMILES string of the molecule is O=C1C=CC[C@@H]2[C@@H]3C[C@H](CN12)[C@H]1CCCCN1C3. The highest BCUT2D eigenvalue weighted by molar-refractivity contribution is 5.88. The van der Waals surface area contributed by atoms with E-state index in [2.05, 4.69) is 15.9 Å². The van der Waals surface area contributed by atoms with Crippen LogP contribution in [0.15, 0.2) is 12.2 Å². The van der Waals surface area contributed by atoms with E-state index in [4.69, 9.17) is 0 Å². The highest BCUT2D eigenvalue weighted by Gasteiger charge is 2.47. The fourth-order valence-corrected chi connectivity index (χ4v) is 4.79. The molecule has 18 heavy (non-hydrogen) atoms. The van der Waals surface area contributed by atoms with E-state index in [1.165, 1.54) is 38.8 Å². The minimum Gasteiger partial charge on any atom is -0.335 e. The van der Waals surface area contributed by atoms with Gasteiger partial charge in [0.1, 0.15) is 0 Å². The fourth-order valence-electron chi connectivity index (χ4n) is 4.79. The van der Waals surface area contributed by atoms with Gasteiger partial charge in [-0.15, -0.1) is 0 Å². The molecule has 0 spiro atoms. The molecule has 3 nitrogen and oxygen atoms in total. The van der Waals surface area contributed by atoms with E-state index in [1.54, 1.807) is 6.08 Å². The van der Waals surface area contributed by atoms with E-state index in [9.17, 15) is 4.79 Å². The van der Waals surface area contributed by atoms with Crippen molar-refractivity contribution in [3.63, 3.8) is 0 Å². The summed E-state index contributed by atoms with van der Waals surface area (Å²) < 4.78 is 0. The Hall–Kier alpha value is -0.830. The Morgan fingerprint density at radius 1 is 1.11 bits per heavy atom. The van der Waals surface area contributed by atoms with Crippen LogP contribution in [0.3, 0.4) is 0 Å². The summed E-state index contributed by atoms with van der Waals surface area (Å²) in [6.07, 6.45) is 10.5. The molecule has 4 rings (SSSR count). The van der Waals surface area contributed by atoms with Gasteiger partial charge in [0.25, 0.3) is 0 Å². The third-order valence-corrected chi connectivity index (χ3v) is 5.58. The van der Waals surface area contributed by atoms with Crippen LogP contribution in [0, 0.1) is 11.8 Å². The number of amides is 1. The van der Waals surface area contributed by atoms with E-state index < -0.39 is 0 Å². The van der Waals surface area contributed by atoms with Crippen LogP contribution in [0.5, 0.6) is 0 Å². The topological polar surface area (TPSA) is 23.6 Å². The molecule has 4 aliphatic heterocycles. The second-order valence-corrected chi connectivity index (χ2v) is 6.51. The standard InChI is InChI=1S/C15H22N2O/c18-15-6-3-5-14-11-8-12(10-17(14)15)13-4-1-2-7-16(13)9-11/h3,6,11-14H,1-2,4-5,7-10H2/t11-,12-,13-,14-/m1/s1. The number of carbonyl (C=O) groups is 1. The molecule has 3 fully saturated rings. The van der Waals surface area contributed by atoms with Gasteiger partial charge in [0, 0.05) is 25.2 Å². The lowest BCUT2D eigenvalue weighted by Gasteiger charge is -2.56. The summed E-state index contributed by atoms with van der Waals surface area (Å²) in [4.78, 5) is 17.0. The maximum atomic E-state index is 12.0. The summed E-state index contributed by atoms with van der Waals surface area (Å²) in [6, 6.07) is 1.27. The van der Waals surface area contributed by atoms with Crippen LogP contribution in [-0.4, -0.2) is 47.4 Å². The van der Waals surface area contributed by atoms with Crippen molar-refractivity contribution < 1.29 is 4.79 Å². The first-order chi connectivity index (χ1) is 8.83. The molecule has 0 saturated carbocycles. The molecule has 4 atom stereocenters. The summed E-state index contributed by atoms with van der Waals surface area (Å²) in [5.41, 5.74) is 0. The first-order valence-electron chi connectivity index (χ1n) is 7.54. The largest absolute Gasteiger partial charge is 0.335 e. The quantitative estimate of drug-likeness (QED) is 0.649. The molecule has 2 bridgehead atoms. The summed E-state index contributed by atoms with van der Waals surface area (Å²) >= 11 is 0. The molecule has 0 N–H and O–H groups in total. The number of hydrogen-bond donors (Lipinski definition) is 0. The van der Waals surface area contributed by atoms with E-state index in [0.29, 0.717) is 6.04 Å². The summed E-state index contributed by atoms with van der Waals surface area (Å²) in [5, 5.41) is 0. The van der Waals surface area contributed by atoms with Gasteiger partial charge in [-0.1, -0.05) is 12.5 Å². The lowest BCUT2D eigenvalue weighted by Crippen LogP contribution is -2.63. The van der Waals surface area contributed by atoms with Gasteiger partial charge in [0.15, 0.2) is 0 Å². The van der Waals surface area contributed by atoms with Gasteiger partial charge in [0.2, 0.25) is 5.91 Å². The van der Waals surface area contributed by atoms with Gasteiger partial charge in [-0.25, -0.2) is 0 Å². The lowest BCUT2D eigenvalue weighted by molar-refractivity contribution is -0.139. The van der Waals surface area contributed by atoms with E-state index in [1.807, 2.05) is 0 Å². The lowest BCUT2D eigenvalue weighted by atomic mass is 9.71. The van der Waals surface area contributed by atoms with Crippen molar-refractivity contribution >= 4 is 5.91 Å². The van der Waals surface area contributed by atoms with Crippen LogP contribution in [0.2, 0.25) is 0 Å². The average molecular weight is 246 g/mol. The molecular weight excluding hydrogens is 224 g/mol. The zero-order valence-electron chi connectivity index (χ0n) is 10.9. The third-order valence-electron chi connectivity index (χ3n) is 5.58. The van der Waals surface area contributed by atoms with Gasteiger partial charge >= 0.3 is 0 Å². The van der Waals surface area contributed by atoms with Crippen molar-refractivity contribution in [1.82, 2.24) is 9.80 Å². The van der Waals surface area contributed by atoms with E-state index in [0.717, 1.165) is 30.8 Å². The number of carbonyl (C=O) groups excluding carboxylic acids is 1. The summed E-state index contributed by atoms with van der Waals surface area (Å²) in [5.74, 6) is 1.74. The fraction of sp³-hybridized carbons (Fsp3) is 0.800. The Bertz CT molecular complexity index is 392. The molecule has 0 aromatic rings. The molecule has 0 aromatic carbocycles. The van der Waals surface area contributed by atoms with Crippen molar-refractivity contribution in [2.24, 2.45) is 11.8 Å². The molecule has 3 heteroatoms. The Kier molecular flexibility index (Phi) is 2.51. The smallest absolute Gasteiger partial charge is 0.246 e.